The van der Waals surface area contributed by atoms with E-state index in [0.29, 0.717) is 19.6 Å². The first-order valence-corrected chi connectivity index (χ1v) is 10.9. The molecule has 1 aromatic rings. The van der Waals surface area contributed by atoms with Gasteiger partial charge in [0.1, 0.15) is 5.75 Å². The molecular formula is C19H27F5O4S. The third-order valence-electron chi connectivity index (χ3n) is 3.79. The second-order valence-electron chi connectivity index (χ2n) is 8.17. The Bertz CT molecular complexity index is 755. The van der Waals surface area contributed by atoms with Crippen molar-refractivity contribution in [3.05, 3.63) is 29.8 Å². The van der Waals surface area contributed by atoms with Gasteiger partial charge in [0.15, 0.2) is 9.84 Å². The lowest BCUT2D eigenvalue weighted by Gasteiger charge is -2.21. The quantitative estimate of drug-likeness (QED) is 0.367. The Hall–Kier alpha value is -1.42. The fourth-order valence-electron chi connectivity index (χ4n) is 2.41. The Morgan fingerprint density at radius 3 is 2.24 bits per heavy atom. The van der Waals surface area contributed by atoms with Crippen LogP contribution in [0.1, 0.15) is 45.6 Å². The standard InChI is InChI=1S/C19H27F5O4S/c1-14(12-29(25,26)10-6-9-27-13-17(2,3)4)15-7-5-8-16(11-15)28-19(23,24)18(20,21)22/h5,7-8,11,14H,6,9-10,12-13H2,1-4H3/t14-/m0/s1. The van der Waals surface area contributed by atoms with Crippen molar-refractivity contribution >= 4 is 9.84 Å². The Kier molecular flexibility index (Phi) is 8.47. The fraction of sp³-hybridized carbons (Fsp3) is 0.684. The van der Waals surface area contributed by atoms with E-state index in [0.717, 1.165) is 12.1 Å². The average Bonchev–Trinajstić information content (AvgIpc) is 2.51. The molecule has 29 heavy (non-hydrogen) atoms. The molecule has 0 aromatic heterocycles. The highest BCUT2D eigenvalue weighted by Crippen LogP contribution is 2.37. The third-order valence-corrected chi connectivity index (χ3v) is 5.70. The van der Waals surface area contributed by atoms with Gasteiger partial charge in [-0.1, -0.05) is 39.8 Å². The van der Waals surface area contributed by atoms with Crippen molar-refractivity contribution in [3.63, 3.8) is 0 Å². The predicted octanol–water partition coefficient (Wildman–Crippen LogP) is 5.19. The monoisotopic (exact) mass is 446 g/mol. The summed E-state index contributed by atoms with van der Waals surface area (Å²) in [5.74, 6) is -1.68. The van der Waals surface area contributed by atoms with Crippen LogP contribution in [-0.4, -0.2) is 45.4 Å². The molecule has 4 nitrogen and oxygen atoms in total. The number of rotatable bonds is 10. The zero-order valence-electron chi connectivity index (χ0n) is 16.9. The summed E-state index contributed by atoms with van der Waals surface area (Å²) in [6.07, 6.45) is -10.9. The molecular weight excluding hydrogens is 419 g/mol. The highest BCUT2D eigenvalue weighted by molar-refractivity contribution is 7.91. The van der Waals surface area contributed by atoms with Crippen LogP contribution >= 0.6 is 0 Å². The molecule has 1 atom stereocenters. The van der Waals surface area contributed by atoms with Crippen LogP contribution in [0.25, 0.3) is 0 Å². The van der Waals surface area contributed by atoms with Crippen LogP contribution in [0.3, 0.4) is 0 Å². The van der Waals surface area contributed by atoms with Crippen LogP contribution in [0.4, 0.5) is 22.0 Å². The van der Waals surface area contributed by atoms with E-state index in [1.165, 1.54) is 12.1 Å². The molecule has 0 unspecified atom stereocenters. The van der Waals surface area contributed by atoms with Gasteiger partial charge in [0.05, 0.1) is 18.1 Å². The summed E-state index contributed by atoms with van der Waals surface area (Å²) >= 11 is 0. The van der Waals surface area contributed by atoms with E-state index < -0.39 is 33.8 Å². The molecule has 0 radical (unpaired) electrons. The molecule has 0 heterocycles. The summed E-state index contributed by atoms with van der Waals surface area (Å²) in [6.45, 7) is 8.32. The number of hydrogen-bond acceptors (Lipinski definition) is 4. The average molecular weight is 446 g/mol. The minimum Gasteiger partial charge on any atom is -0.426 e. The Morgan fingerprint density at radius 2 is 1.69 bits per heavy atom. The first-order chi connectivity index (χ1) is 13.0. The molecule has 168 valence electrons. The van der Waals surface area contributed by atoms with E-state index in [9.17, 15) is 30.4 Å². The van der Waals surface area contributed by atoms with E-state index in [-0.39, 0.29) is 22.5 Å². The molecule has 0 spiro atoms. The largest absolute Gasteiger partial charge is 0.499 e. The van der Waals surface area contributed by atoms with Crippen molar-refractivity contribution in [2.75, 3.05) is 24.7 Å². The zero-order chi connectivity index (χ0) is 22.5. The zero-order valence-corrected chi connectivity index (χ0v) is 17.7. The van der Waals surface area contributed by atoms with Crippen LogP contribution in [0, 0.1) is 5.41 Å². The number of benzene rings is 1. The van der Waals surface area contributed by atoms with Crippen molar-refractivity contribution in [1.82, 2.24) is 0 Å². The molecule has 0 saturated heterocycles. The van der Waals surface area contributed by atoms with Crippen LogP contribution in [0.15, 0.2) is 24.3 Å². The summed E-state index contributed by atoms with van der Waals surface area (Å²) in [7, 11) is -3.47. The van der Waals surface area contributed by atoms with E-state index in [2.05, 4.69) is 4.74 Å². The van der Waals surface area contributed by atoms with E-state index in [1.54, 1.807) is 6.92 Å². The van der Waals surface area contributed by atoms with Gasteiger partial charge >= 0.3 is 12.3 Å². The number of alkyl halides is 5. The normalized spacial score (nSPS) is 14.7. The fourth-order valence-corrected chi connectivity index (χ4v) is 4.09. The lowest BCUT2D eigenvalue weighted by atomic mass is 9.99. The van der Waals surface area contributed by atoms with Crippen molar-refractivity contribution < 1.29 is 39.8 Å². The van der Waals surface area contributed by atoms with Gasteiger partial charge in [0, 0.05) is 6.61 Å². The lowest BCUT2D eigenvalue weighted by Crippen LogP contribution is -2.41. The molecule has 0 N–H and O–H groups in total. The maximum absolute atomic E-state index is 13.0. The number of halogens is 5. The number of sulfone groups is 1. The number of hydrogen-bond donors (Lipinski definition) is 0. The van der Waals surface area contributed by atoms with E-state index in [1.807, 2.05) is 20.8 Å². The SMILES string of the molecule is C[C@@H](CS(=O)(=O)CCCOCC(C)(C)C)c1cccc(OC(F)(F)C(F)(F)F)c1. The van der Waals surface area contributed by atoms with Gasteiger partial charge in [-0.2, -0.15) is 22.0 Å². The van der Waals surface area contributed by atoms with Crippen molar-refractivity contribution in [3.8, 4) is 5.75 Å². The molecule has 0 bridgehead atoms. The summed E-state index contributed by atoms with van der Waals surface area (Å²) in [4.78, 5) is 0. The second kappa shape index (κ2) is 9.59. The van der Waals surface area contributed by atoms with Crippen LogP contribution < -0.4 is 4.74 Å². The summed E-state index contributed by atoms with van der Waals surface area (Å²) < 4.78 is 96.6. The predicted molar refractivity (Wildman–Crippen MR) is 100 cm³/mol. The Morgan fingerprint density at radius 1 is 1.07 bits per heavy atom. The van der Waals surface area contributed by atoms with E-state index >= 15 is 0 Å². The lowest BCUT2D eigenvalue weighted by molar-refractivity contribution is -0.360. The summed E-state index contributed by atoms with van der Waals surface area (Å²) in [5, 5.41) is 0. The first kappa shape index (κ1) is 25.6. The maximum atomic E-state index is 13.0. The topological polar surface area (TPSA) is 52.6 Å². The minimum absolute atomic E-state index is 0.0244. The molecule has 0 aliphatic heterocycles. The van der Waals surface area contributed by atoms with Crippen LogP contribution in [0.5, 0.6) is 5.75 Å². The highest BCUT2D eigenvalue weighted by atomic mass is 32.2. The molecule has 0 saturated carbocycles. The van der Waals surface area contributed by atoms with Crippen molar-refractivity contribution in [2.45, 2.75) is 52.3 Å². The molecule has 0 amide bonds. The van der Waals surface area contributed by atoms with Crippen molar-refractivity contribution in [2.24, 2.45) is 5.41 Å². The van der Waals surface area contributed by atoms with Gasteiger partial charge in [0.2, 0.25) is 0 Å². The van der Waals surface area contributed by atoms with Crippen LogP contribution in [-0.2, 0) is 14.6 Å². The molecule has 1 rings (SSSR count). The molecule has 0 aliphatic rings. The summed E-state index contributed by atoms with van der Waals surface area (Å²) in [6, 6.07) is 4.63. The molecule has 10 heteroatoms. The smallest absolute Gasteiger partial charge is 0.426 e. The van der Waals surface area contributed by atoms with Gasteiger partial charge in [0.25, 0.3) is 0 Å². The van der Waals surface area contributed by atoms with Crippen LogP contribution in [0.2, 0.25) is 0 Å². The highest BCUT2D eigenvalue weighted by Gasteiger charge is 2.61. The van der Waals surface area contributed by atoms with Crippen molar-refractivity contribution in [1.29, 1.82) is 0 Å². The second-order valence-corrected chi connectivity index (χ2v) is 10.4. The van der Waals surface area contributed by atoms with Gasteiger partial charge in [-0.25, -0.2) is 8.42 Å². The van der Waals surface area contributed by atoms with E-state index in [4.69, 9.17) is 4.74 Å². The summed E-state index contributed by atoms with van der Waals surface area (Å²) in [5.41, 5.74) is 0.261. The Balaban J connectivity index is 2.66. The maximum Gasteiger partial charge on any atom is 0.499 e. The molecule has 0 fully saturated rings. The van der Waals surface area contributed by atoms with Gasteiger partial charge in [-0.05, 0) is 35.4 Å². The molecule has 1 aromatic carbocycles. The molecule has 0 aliphatic carbocycles. The third kappa shape index (κ3) is 9.29. The van der Waals surface area contributed by atoms with Gasteiger partial charge < -0.3 is 9.47 Å². The number of ether oxygens (including phenoxy) is 2. The Labute approximate surface area is 168 Å². The first-order valence-electron chi connectivity index (χ1n) is 9.04. The minimum atomic E-state index is -5.85. The van der Waals surface area contributed by atoms with Gasteiger partial charge in [-0.3, -0.25) is 0 Å². The van der Waals surface area contributed by atoms with Gasteiger partial charge in [-0.15, -0.1) is 0 Å².